The van der Waals surface area contributed by atoms with Crippen LogP contribution in [0.1, 0.15) is 21.6 Å². The number of hydrogen-bond acceptors (Lipinski definition) is 3. The van der Waals surface area contributed by atoms with Crippen molar-refractivity contribution in [1.29, 1.82) is 0 Å². The van der Waals surface area contributed by atoms with Crippen LogP contribution in [0.4, 0.5) is 0 Å². The first-order valence-electron chi connectivity index (χ1n) is 8.68. The summed E-state index contributed by atoms with van der Waals surface area (Å²) in [6.07, 6.45) is 0. The van der Waals surface area contributed by atoms with E-state index in [4.69, 9.17) is 10.7 Å². The summed E-state index contributed by atoms with van der Waals surface area (Å²) in [6, 6.07) is 22.1. The molecule has 0 aliphatic heterocycles. The molecule has 0 fully saturated rings. The lowest BCUT2D eigenvalue weighted by molar-refractivity contribution is 0.0999. The lowest BCUT2D eigenvalue weighted by Gasteiger charge is -2.11. The number of amides is 1. The second kappa shape index (κ2) is 7.21. The largest absolute Gasteiger partial charge is 0.366 e. The number of thiazole rings is 1. The quantitative estimate of drug-likeness (QED) is 0.549. The van der Waals surface area contributed by atoms with Crippen LogP contribution >= 0.6 is 11.3 Å². The zero-order valence-corrected chi connectivity index (χ0v) is 15.7. The van der Waals surface area contributed by atoms with Gasteiger partial charge in [0.05, 0.1) is 17.0 Å². The van der Waals surface area contributed by atoms with Gasteiger partial charge in [-0.25, -0.2) is 4.98 Å². The molecule has 27 heavy (non-hydrogen) atoms. The number of hydrogen-bond donors (Lipinski definition) is 1. The zero-order valence-electron chi connectivity index (χ0n) is 14.9. The van der Waals surface area contributed by atoms with Crippen LogP contribution < -0.4 is 5.73 Å². The second-order valence-electron chi connectivity index (χ2n) is 6.37. The monoisotopic (exact) mass is 373 g/mol. The van der Waals surface area contributed by atoms with Gasteiger partial charge < -0.3 is 10.3 Å². The Hall–Kier alpha value is -3.18. The number of carbonyl (C=O) groups excluding carboxylic acids is 1. The van der Waals surface area contributed by atoms with E-state index in [1.807, 2.05) is 66.9 Å². The summed E-state index contributed by atoms with van der Waals surface area (Å²) in [5, 5.41) is 2.99. The highest BCUT2D eigenvalue weighted by Gasteiger charge is 2.19. The molecule has 5 heteroatoms. The van der Waals surface area contributed by atoms with Crippen molar-refractivity contribution in [2.75, 3.05) is 0 Å². The lowest BCUT2D eigenvalue weighted by Crippen LogP contribution is -2.12. The summed E-state index contributed by atoms with van der Waals surface area (Å²) in [6.45, 7) is 2.59. The van der Waals surface area contributed by atoms with E-state index in [2.05, 4.69) is 16.7 Å². The van der Waals surface area contributed by atoms with Gasteiger partial charge in [0.2, 0.25) is 0 Å². The molecule has 4 rings (SSSR count). The molecule has 0 saturated carbocycles. The third-order valence-corrected chi connectivity index (χ3v) is 5.49. The molecule has 2 aromatic carbocycles. The van der Waals surface area contributed by atoms with E-state index in [0.29, 0.717) is 12.1 Å². The Balaban J connectivity index is 1.79. The first-order chi connectivity index (χ1) is 13.1. The molecular formula is C22H19N3OS. The predicted molar refractivity (Wildman–Crippen MR) is 110 cm³/mol. The minimum atomic E-state index is -0.418. The average Bonchev–Trinajstić information content (AvgIpc) is 3.29. The maximum atomic E-state index is 11.9. The fraction of sp³-hybridized carbons (Fsp3) is 0.0909. The van der Waals surface area contributed by atoms with Crippen molar-refractivity contribution in [2.24, 2.45) is 5.73 Å². The van der Waals surface area contributed by atoms with E-state index < -0.39 is 5.91 Å². The Labute approximate surface area is 161 Å². The van der Waals surface area contributed by atoms with Crippen LogP contribution in [0.5, 0.6) is 0 Å². The number of nitrogens with two attached hydrogens (primary N) is 1. The Morgan fingerprint density at radius 3 is 2.41 bits per heavy atom. The van der Waals surface area contributed by atoms with Gasteiger partial charge in [0.1, 0.15) is 5.01 Å². The van der Waals surface area contributed by atoms with Gasteiger partial charge in [-0.3, -0.25) is 4.79 Å². The van der Waals surface area contributed by atoms with E-state index in [0.717, 1.165) is 33.2 Å². The summed E-state index contributed by atoms with van der Waals surface area (Å²) in [5.41, 5.74) is 11.0. The van der Waals surface area contributed by atoms with Gasteiger partial charge in [0.25, 0.3) is 5.91 Å². The molecule has 0 aliphatic carbocycles. The topological polar surface area (TPSA) is 60.9 Å². The molecule has 4 aromatic rings. The van der Waals surface area contributed by atoms with Gasteiger partial charge in [-0.05, 0) is 18.6 Å². The highest BCUT2D eigenvalue weighted by Crippen LogP contribution is 2.31. The minimum absolute atomic E-state index is 0.418. The fourth-order valence-electron chi connectivity index (χ4n) is 3.18. The van der Waals surface area contributed by atoms with Gasteiger partial charge in [0, 0.05) is 23.2 Å². The molecule has 1 amide bonds. The van der Waals surface area contributed by atoms with Gasteiger partial charge in [-0.2, -0.15) is 0 Å². The van der Waals surface area contributed by atoms with Gasteiger partial charge >= 0.3 is 0 Å². The van der Waals surface area contributed by atoms with Gasteiger partial charge in [-0.15, -0.1) is 11.3 Å². The van der Waals surface area contributed by atoms with Crippen molar-refractivity contribution in [1.82, 2.24) is 9.55 Å². The van der Waals surface area contributed by atoms with Crippen LogP contribution in [0.25, 0.3) is 22.0 Å². The van der Waals surface area contributed by atoms with Gasteiger partial charge in [0.15, 0.2) is 0 Å². The number of nitrogens with zero attached hydrogens (tertiary/aromatic N) is 2. The molecule has 4 nitrogen and oxygen atoms in total. The number of aromatic nitrogens is 2. The van der Waals surface area contributed by atoms with Crippen LogP contribution in [0.3, 0.4) is 0 Å². The molecule has 0 aliphatic rings. The third-order valence-electron chi connectivity index (χ3n) is 4.60. The summed E-state index contributed by atoms with van der Waals surface area (Å²) in [7, 11) is 0. The highest BCUT2D eigenvalue weighted by molar-refractivity contribution is 7.13. The van der Waals surface area contributed by atoms with Crippen molar-refractivity contribution >= 4 is 17.2 Å². The molecule has 0 unspecified atom stereocenters. The van der Waals surface area contributed by atoms with E-state index in [1.54, 1.807) is 11.3 Å². The summed E-state index contributed by atoms with van der Waals surface area (Å²) < 4.78 is 2.11. The molecule has 0 saturated heterocycles. The summed E-state index contributed by atoms with van der Waals surface area (Å²) in [5.74, 6) is -0.418. The van der Waals surface area contributed by atoms with E-state index in [9.17, 15) is 4.79 Å². The van der Waals surface area contributed by atoms with Crippen LogP contribution in [-0.2, 0) is 6.54 Å². The standard InChI is InChI=1S/C22H19N3OS/c1-15-18(21(23)26)12-20(25(15)13-16-8-4-2-5-9-16)19-14-27-22(24-19)17-10-6-3-7-11-17/h2-12,14H,13H2,1H3,(H2,23,26). The van der Waals surface area contributed by atoms with Crippen molar-refractivity contribution in [2.45, 2.75) is 13.5 Å². The molecule has 2 N–H and O–H groups in total. The van der Waals surface area contributed by atoms with E-state index in [-0.39, 0.29) is 0 Å². The SMILES string of the molecule is Cc1c(C(N)=O)cc(-c2csc(-c3ccccc3)n2)n1Cc1ccccc1. The first-order valence-corrected chi connectivity index (χ1v) is 9.56. The minimum Gasteiger partial charge on any atom is -0.366 e. The number of primary amides is 1. The van der Waals surface area contributed by atoms with Crippen molar-refractivity contribution in [3.05, 3.63) is 88.9 Å². The highest BCUT2D eigenvalue weighted by atomic mass is 32.1. The molecule has 0 radical (unpaired) electrons. The Bertz CT molecular complexity index is 1080. The normalized spacial score (nSPS) is 10.9. The molecule has 0 atom stereocenters. The first kappa shape index (κ1) is 17.2. The van der Waals surface area contributed by atoms with Crippen LogP contribution in [0.15, 0.2) is 72.1 Å². The zero-order chi connectivity index (χ0) is 18.8. The van der Waals surface area contributed by atoms with Crippen LogP contribution in [0, 0.1) is 6.92 Å². The molecule has 2 heterocycles. The maximum Gasteiger partial charge on any atom is 0.250 e. The molecular weight excluding hydrogens is 354 g/mol. The van der Waals surface area contributed by atoms with Crippen LogP contribution in [0.2, 0.25) is 0 Å². The molecule has 2 aromatic heterocycles. The maximum absolute atomic E-state index is 11.9. The molecule has 134 valence electrons. The van der Waals surface area contributed by atoms with E-state index >= 15 is 0 Å². The lowest BCUT2D eigenvalue weighted by atomic mass is 10.2. The van der Waals surface area contributed by atoms with E-state index in [1.165, 1.54) is 0 Å². The number of carbonyl (C=O) groups is 1. The summed E-state index contributed by atoms with van der Waals surface area (Å²) >= 11 is 1.60. The Kier molecular flexibility index (Phi) is 4.60. The Morgan fingerprint density at radius 1 is 1.07 bits per heavy atom. The smallest absolute Gasteiger partial charge is 0.250 e. The number of benzene rings is 2. The fourth-order valence-corrected chi connectivity index (χ4v) is 4.00. The van der Waals surface area contributed by atoms with Crippen LogP contribution in [-0.4, -0.2) is 15.5 Å². The van der Waals surface area contributed by atoms with Crippen molar-refractivity contribution in [3.8, 4) is 22.0 Å². The van der Waals surface area contributed by atoms with Gasteiger partial charge in [-0.1, -0.05) is 60.7 Å². The Morgan fingerprint density at radius 2 is 1.74 bits per heavy atom. The number of rotatable bonds is 5. The molecule has 0 bridgehead atoms. The van der Waals surface area contributed by atoms with Crippen molar-refractivity contribution < 1.29 is 4.79 Å². The third kappa shape index (κ3) is 3.41. The molecule has 0 spiro atoms. The predicted octanol–water partition coefficient (Wildman–Crippen LogP) is 4.73. The van der Waals surface area contributed by atoms with Crippen molar-refractivity contribution in [3.63, 3.8) is 0 Å². The second-order valence-corrected chi connectivity index (χ2v) is 7.23. The summed E-state index contributed by atoms with van der Waals surface area (Å²) in [4.78, 5) is 16.7. The average molecular weight is 373 g/mol.